The van der Waals surface area contributed by atoms with Crippen LogP contribution in [0.1, 0.15) is 52.8 Å². The fourth-order valence-electron chi connectivity index (χ4n) is 4.68. The van der Waals surface area contributed by atoms with Gasteiger partial charge in [-0.05, 0) is 59.0 Å². The van der Waals surface area contributed by atoms with Crippen molar-refractivity contribution in [2.45, 2.75) is 39.5 Å². The molecule has 3 aromatic heterocycles. The van der Waals surface area contributed by atoms with Crippen LogP contribution >= 0.6 is 0 Å². The molecular weight excluding hydrogens is 456 g/mol. The third-order valence-electron chi connectivity index (χ3n) is 6.46. The predicted molar refractivity (Wildman–Crippen MR) is 135 cm³/mol. The number of tetrazole rings is 1. The molecule has 0 saturated carbocycles. The fraction of sp³-hybridized carbons (Fsp3) is 0.222. The molecule has 9 nitrogen and oxygen atoms in total. The van der Waals surface area contributed by atoms with E-state index in [2.05, 4.69) is 27.5 Å². The Kier molecular flexibility index (Phi) is 6.20. The summed E-state index contributed by atoms with van der Waals surface area (Å²) in [5, 5.41) is 23.9. The third kappa shape index (κ3) is 4.08. The lowest BCUT2D eigenvalue weighted by molar-refractivity contribution is 0.0685. The molecule has 36 heavy (non-hydrogen) atoms. The highest BCUT2D eigenvalue weighted by Gasteiger charge is 2.22. The van der Waals surface area contributed by atoms with Gasteiger partial charge in [0.05, 0.1) is 0 Å². The lowest BCUT2D eigenvalue weighted by atomic mass is 9.96. The Balaban J connectivity index is 1.56. The van der Waals surface area contributed by atoms with Gasteiger partial charge in [-0.25, -0.2) is 14.4 Å². The minimum absolute atomic E-state index is 0.0385. The van der Waals surface area contributed by atoms with Crippen LogP contribution in [0.3, 0.4) is 0 Å². The van der Waals surface area contributed by atoms with E-state index in [0.717, 1.165) is 46.5 Å². The standard InChI is InChI=1S/C27H26N6O3/c1-3-4-9-23-22(26(34)33-24(27(35)36)15-10-17(2)32(23)33)16-18-11-13-19(14-12-18)20-7-5-6-8-21(20)25-28-30-31-29-25/h5-8,10-15H,3-4,9,16H2,1-2H3,(H,35,36)(H,28,29,30,31). The number of carboxylic acids is 1. The van der Waals surface area contributed by atoms with Crippen molar-refractivity contribution in [2.24, 2.45) is 0 Å². The van der Waals surface area contributed by atoms with E-state index >= 15 is 0 Å². The maximum absolute atomic E-state index is 13.5. The van der Waals surface area contributed by atoms with Crippen LogP contribution in [-0.2, 0) is 12.8 Å². The second-order valence-corrected chi connectivity index (χ2v) is 8.79. The van der Waals surface area contributed by atoms with Crippen molar-refractivity contribution in [3.63, 3.8) is 0 Å². The summed E-state index contributed by atoms with van der Waals surface area (Å²) in [6, 6.07) is 19.2. The molecule has 0 aliphatic carbocycles. The monoisotopic (exact) mass is 482 g/mol. The van der Waals surface area contributed by atoms with Gasteiger partial charge in [0.15, 0.2) is 11.5 Å². The summed E-state index contributed by atoms with van der Waals surface area (Å²) in [4.78, 5) is 25.4. The quantitative estimate of drug-likeness (QED) is 0.343. The summed E-state index contributed by atoms with van der Waals surface area (Å²) in [5.74, 6) is -0.536. The zero-order valence-electron chi connectivity index (χ0n) is 20.1. The number of carbonyl (C=O) groups is 1. The molecule has 0 spiro atoms. The molecule has 2 aromatic carbocycles. The van der Waals surface area contributed by atoms with Crippen molar-refractivity contribution >= 4 is 5.97 Å². The number of unbranched alkanes of at least 4 members (excludes halogenated alkanes) is 1. The van der Waals surface area contributed by atoms with Crippen molar-refractivity contribution in [2.75, 3.05) is 0 Å². The van der Waals surface area contributed by atoms with Gasteiger partial charge in [-0.3, -0.25) is 9.31 Å². The number of hydrogen-bond donors (Lipinski definition) is 2. The van der Waals surface area contributed by atoms with Gasteiger partial charge < -0.3 is 5.11 Å². The lowest BCUT2D eigenvalue weighted by Crippen LogP contribution is -2.22. The Bertz CT molecular complexity index is 1600. The van der Waals surface area contributed by atoms with Gasteiger partial charge in [-0.1, -0.05) is 61.9 Å². The van der Waals surface area contributed by atoms with Crippen LogP contribution in [0.2, 0.25) is 0 Å². The molecule has 5 aromatic rings. The summed E-state index contributed by atoms with van der Waals surface area (Å²) in [6.45, 7) is 3.99. The van der Waals surface area contributed by atoms with Crippen LogP contribution in [0, 0.1) is 6.92 Å². The average molecular weight is 483 g/mol. The summed E-state index contributed by atoms with van der Waals surface area (Å²) in [5.41, 5.74) is 5.86. The molecule has 0 unspecified atom stereocenters. The Hall–Kier alpha value is -4.53. The Morgan fingerprint density at radius 2 is 1.75 bits per heavy atom. The van der Waals surface area contributed by atoms with Crippen molar-refractivity contribution in [3.05, 3.63) is 99.2 Å². The van der Waals surface area contributed by atoms with E-state index in [4.69, 9.17) is 0 Å². The SMILES string of the molecule is CCCCc1c(Cc2ccc(-c3ccccc3-c3nnn[nH]3)cc2)c(=O)n2c(C(=O)O)ccc(C)n12. The maximum atomic E-state index is 13.5. The van der Waals surface area contributed by atoms with E-state index in [1.54, 1.807) is 10.6 Å². The molecule has 0 aliphatic rings. The number of nitrogens with zero attached hydrogens (tertiary/aromatic N) is 5. The number of hydrogen-bond acceptors (Lipinski definition) is 5. The number of aromatic carboxylic acids is 1. The third-order valence-corrected chi connectivity index (χ3v) is 6.46. The van der Waals surface area contributed by atoms with Crippen molar-refractivity contribution in [1.29, 1.82) is 0 Å². The Morgan fingerprint density at radius 1 is 1.00 bits per heavy atom. The molecule has 0 fully saturated rings. The summed E-state index contributed by atoms with van der Waals surface area (Å²) >= 11 is 0. The minimum atomic E-state index is -1.13. The number of nitrogens with one attached hydrogen (secondary N) is 1. The second kappa shape index (κ2) is 9.61. The molecule has 0 bridgehead atoms. The average Bonchev–Trinajstić information content (AvgIpc) is 3.52. The topological polar surface area (TPSA) is 118 Å². The first-order chi connectivity index (χ1) is 17.5. The van der Waals surface area contributed by atoms with Crippen LogP contribution < -0.4 is 5.56 Å². The molecular formula is C27H26N6O3. The van der Waals surface area contributed by atoms with Gasteiger partial charge in [0.2, 0.25) is 0 Å². The number of aryl methyl sites for hydroxylation is 2. The first kappa shape index (κ1) is 23.2. The summed E-state index contributed by atoms with van der Waals surface area (Å²) in [6.07, 6.45) is 2.99. The molecule has 5 rings (SSSR count). The van der Waals surface area contributed by atoms with Crippen molar-refractivity contribution in [1.82, 2.24) is 29.7 Å². The number of rotatable bonds is 8. The van der Waals surface area contributed by atoms with Crippen LogP contribution in [-0.4, -0.2) is 40.7 Å². The fourth-order valence-corrected chi connectivity index (χ4v) is 4.68. The molecule has 0 radical (unpaired) electrons. The van der Waals surface area contributed by atoms with E-state index in [9.17, 15) is 14.7 Å². The van der Waals surface area contributed by atoms with Crippen LogP contribution in [0.25, 0.3) is 22.5 Å². The molecule has 182 valence electrons. The number of H-pyrrole nitrogens is 1. The molecule has 0 atom stereocenters. The highest BCUT2D eigenvalue weighted by molar-refractivity contribution is 5.85. The van der Waals surface area contributed by atoms with Crippen LogP contribution in [0.15, 0.2) is 65.5 Å². The van der Waals surface area contributed by atoms with Crippen molar-refractivity contribution < 1.29 is 9.90 Å². The zero-order valence-corrected chi connectivity index (χ0v) is 20.1. The molecule has 0 saturated heterocycles. The van der Waals surface area contributed by atoms with E-state index in [0.29, 0.717) is 24.2 Å². The molecule has 0 amide bonds. The lowest BCUT2D eigenvalue weighted by Gasteiger charge is -2.10. The van der Waals surface area contributed by atoms with Crippen LogP contribution in [0.4, 0.5) is 0 Å². The van der Waals surface area contributed by atoms with Gasteiger partial charge in [0.1, 0.15) is 0 Å². The maximum Gasteiger partial charge on any atom is 0.354 e. The second-order valence-electron chi connectivity index (χ2n) is 8.79. The van der Waals surface area contributed by atoms with Crippen molar-refractivity contribution in [3.8, 4) is 22.5 Å². The Morgan fingerprint density at radius 3 is 2.42 bits per heavy atom. The summed E-state index contributed by atoms with van der Waals surface area (Å²) in [7, 11) is 0. The molecule has 9 heteroatoms. The molecule has 2 N–H and O–H groups in total. The zero-order chi connectivity index (χ0) is 25.2. The van der Waals surface area contributed by atoms with Gasteiger partial charge >= 0.3 is 5.97 Å². The highest BCUT2D eigenvalue weighted by atomic mass is 16.4. The number of aromatic amines is 1. The number of benzene rings is 2. The smallest absolute Gasteiger partial charge is 0.354 e. The van der Waals surface area contributed by atoms with E-state index < -0.39 is 5.97 Å². The number of fused-ring (bicyclic) bond motifs is 1. The highest BCUT2D eigenvalue weighted by Crippen LogP contribution is 2.30. The normalized spacial score (nSPS) is 11.3. The van der Waals surface area contributed by atoms with Gasteiger partial charge in [0.25, 0.3) is 5.56 Å². The van der Waals surface area contributed by atoms with E-state index in [1.807, 2.05) is 55.5 Å². The van der Waals surface area contributed by atoms with E-state index in [-0.39, 0.29) is 11.3 Å². The molecule has 3 heterocycles. The first-order valence-corrected chi connectivity index (χ1v) is 11.9. The minimum Gasteiger partial charge on any atom is -0.477 e. The number of aromatic nitrogens is 6. The van der Waals surface area contributed by atoms with Gasteiger partial charge in [0, 0.05) is 28.9 Å². The number of carboxylic acid groups (broad SMARTS) is 1. The Labute approximate surface area is 207 Å². The largest absolute Gasteiger partial charge is 0.477 e. The van der Waals surface area contributed by atoms with E-state index in [1.165, 1.54) is 10.6 Å². The van der Waals surface area contributed by atoms with Gasteiger partial charge in [-0.2, -0.15) is 0 Å². The van der Waals surface area contributed by atoms with Crippen LogP contribution in [0.5, 0.6) is 0 Å². The summed E-state index contributed by atoms with van der Waals surface area (Å²) < 4.78 is 3.07. The predicted octanol–water partition coefficient (Wildman–Crippen LogP) is 4.19. The van der Waals surface area contributed by atoms with Gasteiger partial charge in [-0.15, -0.1) is 5.10 Å². The first-order valence-electron chi connectivity index (χ1n) is 11.9. The molecule has 0 aliphatic heterocycles.